The number of allylic oxidation sites excluding steroid dienone is 4. The average Bonchev–Trinajstić information content (AvgIpc) is 3.31. The molecule has 9 unspecified atom stereocenters. The van der Waals surface area contributed by atoms with E-state index < -0.39 is 74.2 Å². The number of carbonyl (C=O) groups excluding carboxylic acids is 1. The Hall–Kier alpha value is -1.41. The molecule has 1 rings (SSSR count). The fraction of sp³-hybridized carbons (Fsp3) is 0.907. The number of hydrogen-bond donors (Lipinski definition) is 8. The Morgan fingerprint density at radius 2 is 0.923 bits per heavy atom. The molecule has 0 aromatic heterocycles. The van der Waals surface area contributed by atoms with E-state index in [4.69, 9.17) is 9.47 Å². The van der Waals surface area contributed by atoms with Gasteiger partial charge in [-0.1, -0.05) is 218 Å². The highest BCUT2D eigenvalue weighted by Crippen LogP contribution is 2.23. The predicted octanol–water partition coefficient (Wildman–Crippen LogP) is 10.6. The second-order valence-electron chi connectivity index (χ2n) is 19.3. The van der Waals surface area contributed by atoms with Crippen LogP contribution in [-0.2, 0) is 14.3 Å². The molecule has 1 heterocycles. The van der Waals surface area contributed by atoms with Gasteiger partial charge in [-0.05, 0) is 51.4 Å². The van der Waals surface area contributed by atoms with Crippen LogP contribution in [0.25, 0.3) is 0 Å². The van der Waals surface area contributed by atoms with Gasteiger partial charge in [-0.3, -0.25) is 4.79 Å². The number of unbranched alkanes of at least 4 members (excludes halogenated alkanes) is 30. The van der Waals surface area contributed by atoms with E-state index in [2.05, 4.69) is 43.5 Å². The van der Waals surface area contributed by atoms with Crippen LogP contribution >= 0.6 is 0 Å². The van der Waals surface area contributed by atoms with Crippen LogP contribution in [0, 0.1) is 0 Å². The molecule has 1 aliphatic heterocycles. The van der Waals surface area contributed by atoms with Gasteiger partial charge in [0, 0.05) is 0 Å². The standard InChI is InChI=1S/C54H103NO10/c1-3-5-7-9-11-13-15-17-19-21-22-23-24-25-26-28-30-32-34-36-38-40-42-47(58)53(63)55-45(44-64-54-52(62)51(61)50(60)48(43-56)65-54)49(59)46(57)41-39-37-35-33-31-29-27-20-18-16-14-12-10-8-6-4-2/h20,27,33,35,45-52,54,56-62H,3-19,21-26,28-32,34,36-44H2,1-2H3,(H,55,63)/b27-20+,35-33+. The van der Waals surface area contributed by atoms with E-state index in [0.29, 0.717) is 19.3 Å². The Morgan fingerprint density at radius 3 is 1.37 bits per heavy atom. The van der Waals surface area contributed by atoms with Crippen molar-refractivity contribution in [1.29, 1.82) is 0 Å². The molecule has 65 heavy (non-hydrogen) atoms. The molecular weight excluding hydrogens is 823 g/mol. The van der Waals surface area contributed by atoms with Crippen LogP contribution in [0.1, 0.15) is 245 Å². The minimum absolute atomic E-state index is 0.248. The number of hydrogen-bond acceptors (Lipinski definition) is 10. The molecule has 11 heteroatoms. The van der Waals surface area contributed by atoms with E-state index in [1.807, 2.05) is 0 Å². The van der Waals surface area contributed by atoms with E-state index in [0.717, 1.165) is 38.5 Å². The predicted molar refractivity (Wildman–Crippen MR) is 266 cm³/mol. The third kappa shape index (κ3) is 32.9. The molecule has 11 nitrogen and oxygen atoms in total. The SMILES string of the molecule is CCCCCCCCC/C=C/CC/C=C/CCCC(O)C(O)C(COC1OC(CO)C(O)C(O)C1O)NC(=O)C(O)CCCCCCCCCCCCCCCCCCCCCCCC. The summed E-state index contributed by atoms with van der Waals surface area (Å²) in [6, 6.07) is -1.19. The van der Waals surface area contributed by atoms with Crippen molar-refractivity contribution in [3.05, 3.63) is 24.3 Å². The van der Waals surface area contributed by atoms with Crippen LogP contribution in [0.15, 0.2) is 24.3 Å². The van der Waals surface area contributed by atoms with Crippen LogP contribution in [0.3, 0.4) is 0 Å². The highest BCUT2D eigenvalue weighted by molar-refractivity contribution is 5.80. The van der Waals surface area contributed by atoms with Gasteiger partial charge < -0.3 is 50.5 Å². The molecule has 0 aromatic rings. The lowest BCUT2D eigenvalue weighted by Crippen LogP contribution is -2.60. The molecule has 384 valence electrons. The van der Waals surface area contributed by atoms with Crippen molar-refractivity contribution < 1.29 is 50.0 Å². The molecule has 0 aromatic carbocycles. The summed E-state index contributed by atoms with van der Waals surface area (Å²) in [5, 5.41) is 75.9. The first kappa shape index (κ1) is 61.6. The monoisotopic (exact) mass is 926 g/mol. The summed E-state index contributed by atoms with van der Waals surface area (Å²) in [5.74, 6) is -0.707. The molecule has 0 radical (unpaired) electrons. The van der Waals surface area contributed by atoms with E-state index in [1.165, 1.54) is 161 Å². The minimum atomic E-state index is -1.67. The molecule has 1 amide bonds. The van der Waals surface area contributed by atoms with Crippen LogP contribution in [0.4, 0.5) is 0 Å². The van der Waals surface area contributed by atoms with Crippen molar-refractivity contribution in [2.24, 2.45) is 0 Å². The highest BCUT2D eigenvalue weighted by atomic mass is 16.7. The first-order chi connectivity index (χ1) is 31.7. The molecule has 9 atom stereocenters. The van der Waals surface area contributed by atoms with Gasteiger partial charge in [-0.15, -0.1) is 0 Å². The van der Waals surface area contributed by atoms with Gasteiger partial charge >= 0.3 is 0 Å². The van der Waals surface area contributed by atoms with Crippen LogP contribution in [0.5, 0.6) is 0 Å². The summed E-state index contributed by atoms with van der Waals surface area (Å²) in [7, 11) is 0. The normalized spacial score (nSPS) is 21.0. The summed E-state index contributed by atoms with van der Waals surface area (Å²) in [5.41, 5.74) is 0. The number of amides is 1. The zero-order valence-corrected chi connectivity index (χ0v) is 41.7. The first-order valence-electron chi connectivity index (χ1n) is 27.2. The van der Waals surface area contributed by atoms with Crippen molar-refractivity contribution in [2.75, 3.05) is 13.2 Å². The Labute approximate surface area is 397 Å². The van der Waals surface area contributed by atoms with Crippen LogP contribution < -0.4 is 5.32 Å². The largest absolute Gasteiger partial charge is 0.394 e. The zero-order chi connectivity index (χ0) is 47.6. The molecule has 8 N–H and O–H groups in total. The van der Waals surface area contributed by atoms with E-state index in [1.54, 1.807) is 0 Å². The maximum absolute atomic E-state index is 13.1. The molecule has 0 spiro atoms. The van der Waals surface area contributed by atoms with Crippen molar-refractivity contribution >= 4 is 5.91 Å². The Morgan fingerprint density at radius 1 is 0.523 bits per heavy atom. The third-order valence-electron chi connectivity index (χ3n) is 13.2. The van der Waals surface area contributed by atoms with Crippen molar-refractivity contribution in [2.45, 2.75) is 300 Å². The number of carbonyl (C=O) groups is 1. The van der Waals surface area contributed by atoms with Crippen molar-refractivity contribution in [3.8, 4) is 0 Å². The number of rotatable bonds is 46. The second kappa shape index (κ2) is 43.8. The molecule has 1 fully saturated rings. The lowest BCUT2D eigenvalue weighted by molar-refractivity contribution is -0.303. The highest BCUT2D eigenvalue weighted by Gasteiger charge is 2.44. The van der Waals surface area contributed by atoms with Gasteiger partial charge in [-0.25, -0.2) is 0 Å². The molecule has 0 saturated carbocycles. The maximum Gasteiger partial charge on any atom is 0.249 e. The summed E-state index contributed by atoms with van der Waals surface area (Å²) >= 11 is 0. The van der Waals surface area contributed by atoms with Crippen molar-refractivity contribution in [3.63, 3.8) is 0 Å². The van der Waals surface area contributed by atoms with E-state index in [-0.39, 0.29) is 12.8 Å². The number of ether oxygens (including phenoxy) is 2. The molecule has 0 bridgehead atoms. The summed E-state index contributed by atoms with van der Waals surface area (Å²) < 4.78 is 11.1. The Balaban J connectivity index is 2.36. The average molecular weight is 926 g/mol. The van der Waals surface area contributed by atoms with E-state index >= 15 is 0 Å². The van der Waals surface area contributed by atoms with Gasteiger partial charge in [0.1, 0.15) is 36.6 Å². The Kier molecular flexibility index (Phi) is 41.6. The van der Waals surface area contributed by atoms with Gasteiger partial charge in [0.25, 0.3) is 0 Å². The first-order valence-corrected chi connectivity index (χ1v) is 27.2. The minimum Gasteiger partial charge on any atom is -0.394 e. The topological polar surface area (TPSA) is 189 Å². The fourth-order valence-electron chi connectivity index (χ4n) is 8.75. The summed E-state index contributed by atoms with van der Waals surface area (Å²) in [4.78, 5) is 13.1. The van der Waals surface area contributed by atoms with Gasteiger partial charge in [0.05, 0.1) is 25.4 Å². The molecule has 0 aliphatic carbocycles. The fourth-order valence-corrected chi connectivity index (χ4v) is 8.75. The smallest absolute Gasteiger partial charge is 0.249 e. The number of aliphatic hydroxyl groups excluding tert-OH is 7. The molecule has 1 saturated heterocycles. The van der Waals surface area contributed by atoms with Gasteiger partial charge in [0.15, 0.2) is 6.29 Å². The summed E-state index contributed by atoms with van der Waals surface area (Å²) in [6.45, 7) is 3.44. The number of nitrogens with one attached hydrogen (secondary N) is 1. The maximum atomic E-state index is 13.1. The van der Waals surface area contributed by atoms with Gasteiger partial charge in [-0.2, -0.15) is 0 Å². The van der Waals surface area contributed by atoms with Crippen LogP contribution in [-0.4, -0.2) is 110 Å². The lowest BCUT2D eigenvalue weighted by atomic mass is 9.98. The quantitative estimate of drug-likeness (QED) is 0.0216. The Bertz CT molecular complexity index is 1110. The number of aliphatic hydroxyl groups is 7. The lowest BCUT2D eigenvalue weighted by Gasteiger charge is -2.40. The zero-order valence-electron chi connectivity index (χ0n) is 41.7. The third-order valence-corrected chi connectivity index (χ3v) is 13.2. The molecule has 1 aliphatic rings. The summed E-state index contributed by atoms with van der Waals surface area (Å²) in [6.07, 6.45) is 39.4. The van der Waals surface area contributed by atoms with Crippen molar-refractivity contribution in [1.82, 2.24) is 5.32 Å². The van der Waals surface area contributed by atoms with E-state index in [9.17, 15) is 40.5 Å². The van der Waals surface area contributed by atoms with Crippen LogP contribution in [0.2, 0.25) is 0 Å². The second-order valence-corrected chi connectivity index (χ2v) is 19.3. The van der Waals surface area contributed by atoms with Gasteiger partial charge in [0.2, 0.25) is 5.91 Å². The molecular formula is C54H103NO10.